The second kappa shape index (κ2) is 3.22. The second-order valence-corrected chi connectivity index (χ2v) is 3.87. The number of fused-ring (bicyclic) bond motifs is 1. The van der Waals surface area contributed by atoms with Gasteiger partial charge in [-0.25, -0.2) is 4.98 Å². The maximum atomic E-state index is 5.58. The lowest BCUT2D eigenvalue weighted by Crippen LogP contribution is -1.72. The molecular formula is C8H5ClINO. The van der Waals surface area contributed by atoms with Gasteiger partial charge in [-0.2, -0.15) is 0 Å². The predicted molar refractivity (Wildman–Crippen MR) is 56.3 cm³/mol. The Balaban J connectivity index is 2.67. The molecule has 0 saturated heterocycles. The van der Waals surface area contributed by atoms with Crippen LogP contribution in [0.4, 0.5) is 0 Å². The largest absolute Gasteiger partial charge is 0.439 e. The van der Waals surface area contributed by atoms with Gasteiger partial charge in [-0.1, -0.05) is 0 Å². The van der Waals surface area contributed by atoms with Crippen molar-refractivity contribution in [2.24, 2.45) is 0 Å². The van der Waals surface area contributed by atoms with Gasteiger partial charge in [0.05, 0.1) is 5.88 Å². The van der Waals surface area contributed by atoms with Crippen molar-refractivity contribution >= 4 is 45.3 Å². The molecule has 4 heteroatoms. The molecule has 0 N–H and O–H groups in total. The van der Waals surface area contributed by atoms with E-state index in [9.17, 15) is 0 Å². The first-order valence-corrected chi connectivity index (χ1v) is 5.02. The summed E-state index contributed by atoms with van der Waals surface area (Å²) in [5.74, 6) is 0.902. The van der Waals surface area contributed by atoms with Crippen LogP contribution in [0.1, 0.15) is 5.89 Å². The van der Waals surface area contributed by atoms with Crippen LogP contribution >= 0.6 is 34.2 Å². The third-order valence-corrected chi connectivity index (χ3v) is 2.41. The molecule has 2 rings (SSSR count). The van der Waals surface area contributed by atoms with E-state index in [1.807, 2.05) is 18.2 Å². The van der Waals surface area contributed by atoms with E-state index in [0.717, 1.165) is 14.7 Å². The van der Waals surface area contributed by atoms with E-state index in [2.05, 4.69) is 27.6 Å². The zero-order chi connectivity index (χ0) is 8.55. The zero-order valence-electron chi connectivity index (χ0n) is 6.05. The molecule has 0 spiro atoms. The standard InChI is InChI=1S/C8H5ClINO/c9-4-8-11-6-2-1-5(10)3-7(6)12-8/h1-3H,4H2. The van der Waals surface area contributed by atoms with E-state index in [4.69, 9.17) is 16.0 Å². The molecule has 0 aliphatic rings. The Hall–Kier alpha value is -0.290. The van der Waals surface area contributed by atoms with E-state index in [-0.39, 0.29) is 0 Å². The van der Waals surface area contributed by atoms with Crippen molar-refractivity contribution in [2.45, 2.75) is 5.88 Å². The topological polar surface area (TPSA) is 26.0 Å². The third kappa shape index (κ3) is 1.43. The van der Waals surface area contributed by atoms with Gasteiger partial charge >= 0.3 is 0 Å². The Morgan fingerprint density at radius 3 is 3.08 bits per heavy atom. The van der Waals surface area contributed by atoms with Gasteiger partial charge in [-0.3, -0.25) is 0 Å². The maximum Gasteiger partial charge on any atom is 0.210 e. The molecule has 2 nitrogen and oxygen atoms in total. The van der Waals surface area contributed by atoms with Gasteiger partial charge in [0.1, 0.15) is 5.52 Å². The number of nitrogens with zero attached hydrogens (tertiary/aromatic N) is 1. The Labute approximate surface area is 88.1 Å². The summed E-state index contributed by atoms with van der Waals surface area (Å²) in [5, 5.41) is 0. The van der Waals surface area contributed by atoms with Crippen LogP contribution in [-0.2, 0) is 5.88 Å². The highest BCUT2D eigenvalue weighted by Gasteiger charge is 2.03. The van der Waals surface area contributed by atoms with Gasteiger partial charge in [0.15, 0.2) is 5.58 Å². The minimum absolute atomic E-state index is 0.325. The van der Waals surface area contributed by atoms with Crippen molar-refractivity contribution in [3.05, 3.63) is 27.7 Å². The van der Waals surface area contributed by atoms with Crippen LogP contribution in [0.2, 0.25) is 0 Å². The number of oxazole rings is 1. The summed E-state index contributed by atoms with van der Waals surface area (Å²) in [5.41, 5.74) is 1.67. The average molecular weight is 293 g/mol. The van der Waals surface area contributed by atoms with Crippen LogP contribution in [0.5, 0.6) is 0 Å². The van der Waals surface area contributed by atoms with Crippen LogP contribution < -0.4 is 0 Å². The highest BCUT2D eigenvalue weighted by Crippen LogP contribution is 2.18. The lowest BCUT2D eigenvalue weighted by Gasteiger charge is -1.86. The molecule has 0 unspecified atom stereocenters. The molecule has 1 heterocycles. The normalized spacial score (nSPS) is 10.8. The van der Waals surface area contributed by atoms with E-state index >= 15 is 0 Å². The number of hydrogen-bond acceptors (Lipinski definition) is 2. The SMILES string of the molecule is ClCc1nc2ccc(I)cc2o1. The second-order valence-electron chi connectivity index (χ2n) is 2.35. The van der Waals surface area contributed by atoms with Crippen molar-refractivity contribution in [1.82, 2.24) is 4.98 Å². The van der Waals surface area contributed by atoms with Crippen LogP contribution in [-0.4, -0.2) is 4.98 Å². The Kier molecular flexibility index (Phi) is 2.23. The fraction of sp³-hybridized carbons (Fsp3) is 0.125. The van der Waals surface area contributed by atoms with Gasteiger partial charge in [-0.05, 0) is 40.8 Å². The summed E-state index contributed by atoms with van der Waals surface area (Å²) in [6, 6.07) is 5.86. The number of alkyl halides is 1. The van der Waals surface area contributed by atoms with Crippen molar-refractivity contribution in [3.8, 4) is 0 Å². The lowest BCUT2D eigenvalue weighted by molar-refractivity contribution is 0.554. The quantitative estimate of drug-likeness (QED) is 0.596. The smallest absolute Gasteiger partial charge is 0.210 e. The Morgan fingerprint density at radius 2 is 2.33 bits per heavy atom. The first-order valence-electron chi connectivity index (χ1n) is 3.40. The van der Waals surface area contributed by atoms with Gasteiger partial charge in [0.25, 0.3) is 0 Å². The first-order chi connectivity index (χ1) is 5.79. The number of aromatic nitrogens is 1. The van der Waals surface area contributed by atoms with Crippen molar-refractivity contribution in [1.29, 1.82) is 0 Å². The summed E-state index contributed by atoms with van der Waals surface area (Å²) in [6.07, 6.45) is 0. The third-order valence-electron chi connectivity index (χ3n) is 1.51. The highest BCUT2D eigenvalue weighted by molar-refractivity contribution is 14.1. The molecular weight excluding hydrogens is 288 g/mol. The molecule has 62 valence electrons. The fourth-order valence-electron chi connectivity index (χ4n) is 1.00. The summed E-state index contributed by atoms with van der Waals surface area (Å²) < 4.78 is 6.49. The molecule has 0 radical (unpaired) electrons. The molecule has 0 fully saturated rings. The Bertz CT molecular complexity index is 412. The van der Waals surface area contributed by atoms with E-state index in [1.165, 1.54) is 0 Å². The number of hydrogen-bond donors (Lipinski definition) is 0. The predicted octanol–water partition coefficient (Wildman–Crippen LogP) is 3.17. The van der Waals surface area contributed by atoms with Crippen molar-refractivity contribution < 1.29 is 4.42 Å². The molecule has 12 heavy (non-hydrogen) atoms. The zero-order valence-corrected chi connectivity index (χ0v) is 8.96. The highest BCUT2D eigenvalue weighted by atomic mass is 127. The molecule has 1 aromatic carbocycles. The number of benzene rings is 1. The van der Waals surface area contributed by atoms with E-state index in [0.29, 0.717) is 11.8 Å². The summed E-state index contributed by atoms with van der Waals surface area (Å²) >= 11 is 7.81. The summed E-state index contributed by atoms with van der Waals surface area (Å²) in [4.78, 5) is 4.17. The maximum absolute atomic E-state index is 5.58. The summed E-state index contributed by atoms with van der Waals surface area (Å²) in [6.45, 7) is 0. The molecule has 0 aliphatic heterocycles. The van der Waals surface area contributed by atoms with Gasteiger partial charge in [0, 0.05) is 3.57 Å². The lowest BCUT2D eigenvalue weighted by atomic mass is 10.3. The molecule has 2 aromatic rings. The molecule has 0 saturated carbocycles. The van der Waals surface area contributed by atoms with Gasteiger partial charge < -0.3 is 4.42 Å². The fourth-order valence-corrected chi connectivity index (χ4v) is 1.58. The first kappa shape index (κ1) is 8.31. The molecule has 0 bridgehead atoms. The molecule has 0 aliphatic carbocycles. The van der Waals surface area contributed by atoms with E-state index in [1.54, 1.807) is 0 Å². The van der Waals surface area contributed by atoms with Crippen LogP contribution in [0.15, 0.2) is 22.6 Å². The average Bonchev–Trinajstić information content (AvgIpc) is 2.46. The molecule has 0 amide bonds. The minimum Gasteiger partial charge on any atom is -0.439 e. The number of rotatable bonds is 1. The van der Waals surface area contributed by atoms with Crippen LogP contribution in [0.25, 0.3) is 11.1 Å². The monoisotopic (exact) mass is 293 g/mol. The van der Waals surface area contributed by atoms with Crippen molar-refractivity contribution in [3.63, 3.8) is 0 Å². The van der Waals surface area contributed by atoms with Crippen LogP contribution in [0.3, 0.4) is 0 Å². The number of halogens is 2. The van der Waals surface area contributed by atoms with Gasteiger partial charge in [-0.15, -0.1) is 11.6 Å². The van der Waals surface area contributed by atoms with Crippen LogP contribution in [0, 0.1) is 3.57 Å². The minimum atomic E-state index is 0.325. The van der Waals surface area contributed by atoms with E-state index < -0.39 is 0 Å². The van der Waals surface area contributed by atoms with Gasteiger partial charge in [0.2, 0.25) is 5.89 Å². The Morgan fingerprint density at radius 1 is 1.50 bits per heavy atom. The van der Waals surface area contributed by atoms with Crippen molar-refractivity contribution in [2.75, 3.05) is 0 Å². The summed E-state index contributed by atoms with van der Waals surface area (Å²) in [7, 11) is 0. The molecule has 0 atom stereocenters. The molecule has 1 aromatic heterocycles.